The number of hydrogen-bond donors (Lipinski definition) is 0. The second-order valence-electron chi connectivity index (χ2n) is 15.7. The van der Waals surface area contributed by atoms with E-state index < -0.39 is 0 Å². The first kappa shape index (κ1) is 31.3. The van der Waals surface area contributed by atoms with Crippen LogP contribution >= 0.6 is 0 Å². The van der Waals surface area contributed by atoms with Crippen LogP contribution in [-0.2, 0) is 5.41 Å². The lowest BCUT2D eigenvalue weighted by atomic mass is 9.58. The summed E-state index contributed by atoms with van der Waals surface area (Å²) in [5, 5.41) is 4.57. The van der Waals surface area contributed by atoms with Crippen LogP contribution in [0.4, 0.5) is 0 Å². The molecule has 3 atom stereocenters. The van der Waals surface area contributed by atoms with Crippen molar-refractivity contribution in [3.63, 3.8) is 0 Å². The lowest BCUT2D eigenvalue weighted by Crippen LogP contribution is -2.36. The summed E-state index contributed by atoms with van der Waals surface area (Å²) in [6.45, 7) is 2.41. The molecule has 3 heteroatoms. The zero-order valence-electron chi connectivity index (χ0n) is 30.3. The van der Waals surface area contributed by atoms with Crippen molar-refractivity contribution >= 4 is 21.5 Å². The summed E-state index contributed by atoms with van der Waals surface area (Å²) in [5.74, 6) is 3.45. The molecule has 54 heavy (non-hydrogen) atoms. The van der Waals surface area contributed by atoms with Crippen LogP contribution in [0.15, 0.2) is 163 Å². The van der Waals surface area contributed by atoms with Crippen LogP contribution in [0.3, 0.4) is 0 Å². The molecule has 1 spiro atoms. The molecule has 1 fully saturated rings. The van der Waals surface area contributed by atoms with E-state index in [4.69, 9.17) is 15.0 Å². The van der Waals surface area contributed by atoms with Gasteiger partial charge in [0.05, 0.1) is 0 Å². The van der Waals surface area contributed by atoms with Gasteiger partial charge in [0, 0.05) is 22.1 Å². The molecule has 0 saturated heterocycles. The van der Waals surface area contributed by atoms with Gasteiger partial charge in [-0.15, -0.1) is 0 Å². The molecule has 2 bridgehead atoms. The summed E-state index contributed by atoms with van der Waals surface area (Å²) in [6.07, 6.45) is 7.63. The molecule has 3 unspecified atom stereocenters. The minimum atomic E-state index is -0.0420. The number of hydrogen-bond acceptors (Lipinski definition) is 3. The lowest BCUT2D eigenvalue weighted by molar-refractivity contribution is 0.284. The van der Waals surface area contributed by atoms with Crippen molar-refractivity contribution in [1.82, 2.24) is 15.0 Å². The van der Waals surface area contributed by atoms with Gasteiger partial charge in [0.25, 0.3) is 0 Å². The average Bonchev–Trinajstić information content (AvgIpc) is 3.51. The number of fused-ring (bicyclic) bond motifs is 10. The number of allylic oxidation sites excluding steroid dienone is 2. The van der Waals surface area contributed by atoms with Crippen molar-refractivity contribution in [3.05, 3.63) is 174 Å². The van der Waals surface area contributed by atoms with E-state index in [2.05, 4.69) is 165 Å². The van der Waals surface area contributed by atoms with E-state index >= 15 is 0 Å². The molecule has 1 heterocycles. The van der Waals surface area contributed by atoms with Gasteiger partial charge in [-0.1, -0.05) is 158 Å². The third-order valence-corrected chi connectivity index (χ3v) is 12.5. The van der Waals surface area contributed by atoms with E-state index in [0.29, 0.717) is 23.4 Å². The van der Waals surface area contributed by atoms with Gasteiger partial charge in [-0.25, -0.2) is 15.0 Å². The van der Waals surface area contributed by atoms with Gasteiger partial charge in [0.15, 0.2) is 17.5 Å². The predicted octanol–water partition coefficient (Wildman–Crippen LogP) is 12.9. The molecule has 0 radical (unpaired) electrons. The largest absolute Gasteiger partial charge is 0.208 e. The fraction of sp³-hybridized carbons (Fsp3) is 0.157. The molecule has 11 rings (SSSR count). The van der Waals surface area contributed by atoms with Crippen molar-refractivity contribution in [2.75, 3.05) is 0 Å². The van der Waals surface area contributed by atoms with Gasteiger partial charge >= 0.3 is 0 Å². The summed E-state index contributed by atoms with van der Waals surface area (Å²) in [7, 11) is 0. The molecule has 7 aromatic carbocycles. The van der Waals surface area contributed by atoms with Gasteiger partial charge in [-0.2, -0.15) is 0 Å². The molecule has 3 aliphatic rings. The van der Waals surface area contributed by atoms with E-state index in [9.17, 15) is 0 Å². The highest BCUT2D eigenvalue weighted by Crippen LogP contribution is 2.61. The lowest BCUT2D eigenvalue weighted by Gasteiger charge is -2.45. The molecule has 3 nitrogen and oxygen atoms in total. The zero-order chi connectivity index (χ0) is 35.8. The second-order valence-corrected chi connectivity index (χ2v) is 15.7. The molecule has 1 aromatic heterocycles. The van der Waals surface area contributed by atoms with Gasteiger partial charge in [0.1, 0.15) is 0 Å². The molecular formula is C51H39N3. The summed E-state index contributed by atoms with van der Waals surface area (Å²) >= 11 is 0. The second kappa shape index (κ2) is 12.2. The van der Waals surface area contributed by atoms with Crippen LogP contribution in [0.2, 0.25) is 0 Å². The molecule has 0 aliphatic heterocycles. The first-order chi connectivity index (χ1) is 26.6. The van der Waals surface area contributed by atoms with E-state index in [1.807, 2.05) is 0 Å². The Balaban J connectivity index is 1.08. The van der Waals surface area contributed by atoms with Crippen LogP contribution in [0, 0.1) is 11.8 Å². The first-order valence-corrected chi connectivity index (χ1v) is 19.4. The molecular weight excluding hydrogens is 655 g/mol. The highest BCUT2D eigenvalue weighted by Gasteiger charge is 2.49. The summed E-state index contributed by atoms with van der Waals surface area (Å²) in [4.78, 5) is 15.6. The number of rotatable bonds is 4. The van der Waals surface area contributed by atoms with Crippen molar-refractivity contribution in [3.8, 4) is 56.4 Å². The highest BCUT2D eigenvalue weighted by atomic mass is 15.0. The molecule has 0 amide bonds. The maximum atomic E-state index is 5.23. The zero-order valence-corrected chi connectivity index (χ0v) is 30.3. The number of aromatic nitrogens is 3. The highest BCUT2D eigenvalue weighted by molar-refractivity contribution is 5.97. The average molecular weight is 694 g/mol. The summed E-state index contributed by atoms with van der Waals surface area (Å²) < 4.78 is 0. The van der Waals surface area contributed by atoms with Crippen LogP contribution in [0.5, 0.6) is 0 Å². The Hall–Kier alpha value is -6.19. The molecule has 1 saturated carbocycles. The van der Waals surface area contributed by atoms with Crippen molar-refractivity contribution in [2.45, 2.75) is 38.0 Å². The predicted molar refractivity (Wildman–Crippen MR) is 222 cm³/mol. The minimum Gasteiger partial charge on any atom is -0.208 e. The van der Waals surface area contributed by atoms with Gasteiger partial charge in [-0.3, -0.25) is 0 Å². The summed E-state index contributed by atoms with van der Waals surface area (Å²) in [6, 6.07) is 54.8. The van der Waals surface area contributed by atoms with E-state index in [1.54, 1.807) is 5.57 Å². The Morgan fingerprint density at radius 1 is 0.500 bits per heavy atom. The molecule has 3 aliphatic carbocycles. The van der Waals surface area contributed by atoms with E-state index in [-0.39, 0.29) is 5.41 Å². The fourth-order valence-electron chi connectivity index (χ4n) is 10.1. The SMILES string of the molecule is CC1C=C2CC(CCC23c2ccccc2-c2ccc(-c4cccc(-c5nc(-c6cccc7ccccc67)nc(-c6cccc7ccccc67)n5)c4)cc23)C1. The smallest absolute Gasteiger partial charge is 0.164 e. The van der Waals surface area contributed by atoms with Gasteiger partial charge < -0.3 is 0 Å². The normalized spacial score (nSPS) is 19.8. The van der Waals surface area contributed by atoms with Crippen molar-refractivity contribution in [2.24, 2.45) is 11.8 Å². The van der Waals surface area contributed by atoms with Crippen LogP contribution in [-0.4, -0.2) is 15.0 Å². The fourth-order valence-corrected chi connectivity index (χ4v) is 10.1. The van der Waals surface area contributed by atoms with E-state index in [0.717, 1.165) is 44.2 Å². The third kappa shape index (κ3) is 4.84. The van der Waals surface area contributed by atoms with Crippen molar-refractivity contribution in [1.29, 1.82) is 0 Å². The maximum absolute atomic E-state index is 5.23. The molecule has 8 aromatic rings. The first-order valence-electron chi connectivity index (χ1n) is 19.4. The molecule has 0 N–H and O–H groups in total. The van der Waals surface area contributed by atoms with Gasteiger partial charge in [-0.05, 0) is 105 Å². The van der Waals surface area contributed by atoms with Crippen molar-refractivity contribution < 1.29 is 0 Å². The van der Waals surface area contributed by atoms with E-state index in [1.165, 1.54) is 59.1 Å². The minimum absolute atomic E-state index is 0.0420. The summed E-state index contributed by atoms with van der Waals surface area (Å²) in [5.41, 5.74) is 12.7. The van der Waals surface area contributed by atoms with Gasteiger partial charge in [0.2, 0.25) is 0 Å². The molecule has 258 valence electrons. The standard InChI is InChI=1S/C51H39N3/c1-32-27-33-25-26-51(39(28-32)29-33)46-22-7-6-19-42(46)43-24-23-37(31-47(43)51)36-15-8-16-38(30-36)48-52-49(44-20-9-13-34-11-2-4-17-40(34)44)54-50(53-48)45-21-10-14-35-12-3-5-18-41(35)45/h2-24,28,30-33H,25-27,29H2,1H3. The Morgan fingerprint density at radius 3 is 1.83 bits per heavy atom. The number of benzene rings is 7. The van der Waals surface area contributed by atoms with Crippen LogP contribution < -0.4 is 0 Å². The Kier molecular flexibility index (Phi) is 7.07. The Morgan fingerprint density at radius 2 is 1.07 bits per heavy atom. The topological polar surface area (TPSA) is 38.7 Å². The maximum Gasteiger partial charge on any atom is 0.164 e. The Bertz CT molecular complexity index is 2720. The van der Waals surface area contributed by atoms with Crippen LogP contribution in [0.25, 0.3) is 78.0 Å². The third-order valence-electron chi connectivity index (χ3n) is 12.5. The monoisotopic (exact) mass is 693 g/mol. The van der Waals surface area contributed by atoms with Crippen LogP contribution in [0.1, 0.15) is 43.7 Å². The number of nitrogens with zero attached hydrogens (tertiary/aromatic N) is 3. The Labute approximate surface area is 316 Å². The quantitative estimate of drug-likeness (QED) is 0.172.